The summed E-state index contributed by atoms with van der Waals surface area (Å²) in [7, 11) is 4.67. The van der Waals surface area contributed by atoms with Crippen LogP contribution in [0.15, 0.2) is 12.1 Å². The zero-order chi connectivity index (χ0) is 16.8. The molecule has 1 aromatic carbocycles. The van der Waals surface area contributed by atoms with E-state index in [-0.39, 0.29) is 18.4 Å². The first-order chi connectivity index (χ1) is 11.1. The molecule has 1 aliphatic carbocycles. The number of carbonyl (C=O) groups excluding carboxylic acids is 1. The van der Waals surface area contributed by atoms with Crippen LogP contribution in [0.2, 0.25) is 0 Å². The van der Waals surface area contributed by atoms with Gasteiger partial charge in [0.1, 0.15) is 0 Å². The Morgan fingerprint density at radius 3 is 2.30 bits per heavy atom. The third-order valence-corrected chi connectivity index (χ3v) is 4.26. The molecular weight excluding hydrogens is 296 g/mol. The number of rotatable bonds is 7. The topological polar surface area (TPSA) is 82.8 Å². The van der Waals surface area contributed by atoms with Crippen LogP contribution in [0, 0.1) is 5.92 Å². The summed E-state index contributed by atoms with van der Waals surface area (Å²) in [5.74, 6) is 2.11. The average molecular weight is 322 g/mol. The van der Waals surface area contributed by atoms with Crippen LogP contribution in [0.3, 0.4) is 0 Å². The number of amides is 1. The van der Waals surface area contributed by atoms with Gasteiger partial charge in [-0.2, -0.15) is 0 Å². The fourth-order valence-corrected chi connectivity index (χ4v) is 3.04. The first-order valence-corrected chi connectivity index (χ1v) is 7.88. The molecule has 6 nitrogen and oxygen atoms in total. The zero-order valence-corrected chi connectivity index (χ0v) is 14.1. The molecule has 6 heteroatoms. The largest absolute Gasteiger partial charge is 0.493 e. The number of methoxy groups -OCH3 is 3. The van der Waals surface area contributed by atoms with Gasteiger partial charge >= 0.3 is 0 Å². The standard InChI is InChI=1S/C17H26N2O4/c1-21-14-7-12(8-15(22-2)17(14)23-3)9-16(20)19-10-11-4-5-13(18)6-11/h7-8,11,13H,4-6,9-10,18H2,1-3H3,(H,19,20). The van der Waals surface area contributed by atoms with Gasteiger partial charge in [-0.25, -0.2) is 0 Å². The minimum Gasteiger partial charge on any atom is -0.493 e. The first kappa shape index (κ1) is 17.4. The van der Waals surface area contributed by atoms with Gasteiger partial charge < -0.3 is 25.3 Å². The van der Waals surface area contributed by atoms with Crippen LogP contribution < -0.4 is 25.3 Å². The van der Waals surface area contributed by atoms with Crippen molar-refractivity contribution in [2.75, 3.05) is 27.9 Å². The van der Waals surface area contributed by atoms with Crippen LogP contribution in [0.5, 0.6) is 17.2 Å². The van der Waals surface area contributed by atoms with E-state index < -0.39 is 0 Å². The van der Waals surface area contributed by atoms with E-state index in [9.17, 15) is 4.79 Å². The van der Waals surface area contributed by atoms with Gasteiger partial charge in [-0.05, 0) is 42.9 Å². The maximum atomic E-state index is 12.1. The van der Waals surface area contributed by atoms with Crippen LogP contribution in [0.1, 0.15) is 24.8 Å². The highest BCUT2D eigenvalue weighted by molar-refractivity contribution is 5.79. The Morgan fingerprint density at radius 2 is 1.83 bits per heavy atom. The van der Waals surface area contributed by atoms with E-state index in [2.05, 4.69) is 5.32 Å². The number of benzene rings is 1. The first-order valence-electron chi connectivity index (χ1n) is 7.88. The molecule has 0 saturated heterocycles. The quantitative estimate of drug-likeness (QED) is 0.795. The van der Waals surface area contributed by atoms with Crippen LogP contribution in [0.25, 0.3) is 0 Å². The minimum atomic E-state index is -0.0141. The van der Waals surface area contributed by atoms with Crippen molar-refractivity contribution in [1.82, 2.24) is 5.32 Å². The second-order valence-corrected chi connectivity index (χ2v) is 5.95. The summed E-state index contributed by atoms with van der Waals surface area (Å²) in [6, 6.07) is 3.88. The Morgan fingerprint density at radius 1 is 1.17 bits per heavy atom. The Labute approximate surface area is 137 Å². The van der Waals surface area contributed by atoms with Gasteiger partial charge in [0.2, 0.25) is 11.7 Å². The van der Waals surface area contributed by atoms with Gasteiger partial charge in [-0.3, -0.25) is 4.79 Å². The molecule has 2 rings (SSSR count). The van der Waals surface area contributed by atoms with Crippen molar-refractivity contribution in [3.05, 3.63) is 17.7 Å². The highest BCUT2D eigenvalue weighted by Gasteiger charge is 2.22. The van der Waals surface area contributed by atoms with Crippen molar-refractivity contribution in [2.24, 2.45) is 11.7 Å². The number of ether oxygens (including phenoxy) is 3. The lowest BCUT2D eigenvalue weighted by atomic mass is 10.1. The van der Waals surface area contributed by atoms with E-state index in [0.29, 0.717) is 29.7 Å². The second kappa shape index (κ2) is 8.06. The Kier molecular flexibility index (Phi) is 6.10. The highest BCUT2D eigenvalue weighted by Crippen LogP contribution is 2.38. The Hall–Kier alpha value is -1.95. The van der Waals surface area contributed by atoms with Crippen molar-refractivity contribution in [3.8, 4) is 17.2 Å². The maximum Gasteiger partial charge on any atom is 0.224 e. The van der Waals surface area contributed by atoms with Crippen LogP contribution in [0.4, 0.5) is 0 Å². The van der Waals surface area contributed by atoms with E-state index in [1.807, 2.05) is 0 Å². The molecule has 1 aliphatic rings. The van der Waals surface area contributed by atoms with Crippen molar-refractivity contribution < 1.29 is 19.0 Å². The van der Waals surface area contributed by atoms with E-state index in [0.717, 1.165) is 24.8 Å². The number of hydrogen-bond acceptors (Lipinski definition) is 5. The van der Waals surface area contributed by atoms with Crippen LogP contribution in [-0.2, 0) is 11.2 Å². The van der Waals surface area contributed by atoms with Crippen LogP contribution in [-0.4, -0.2) is 39.8 Å². The van der Waals surface area contributed by atoms with Crippen molar-refractivity contribution in [2.45, 2.75) is 31.7 Å². The summed E-state index contributed by atoms with van der Waals surface area (Å²) in [5, 5.41) is 2.99. The smallest absolute Gasteiger partial charge is 0.224 e. The summed E-state index contributed by atoms with van der Waals surface area (Å²) >= 11 is 0. The summed E-state index contributed by atoms with van der Waals surface area (Å²) < 4.78 is 15.9. The van der Waals surface area contributed by atoms with Gasteiger partial charge in [0, 0.05) is 12.6 Å². The lowest BCUT2D eigenvalue weighted by molar-refractivity contribution is -0.120. The normalized spacial score (nSPS) is 20.2. The van der Waals surface area contributed by atoms with E-state index in [1.165, 1.54) is 0 Å². The molecule has 128 valence electrons. The lowest BCUT2D eigenvalue weighted by Gasteiger charge is -2.15. The molecule has 2 unspecified atom stereocenters. The van der Waals surface area contributed by atoms with E-state index in [4.69, 9.17) is 19.9 Å². The number of nitrogens with one attached hydrogen (secondary N) is 1. The molecule has 0 bridgehead atoms. The number of carbonyl (C=O) groups is 1. The van der Waals surface area contributed by atoms with E-state index >= 15 is 0 Å². The van der Waals surface area contributed by atoms with Gasteiger partial charge in [0.25, 0.3) is 0 Å². The van der Waals surface area contributed by atoms with Gasteiger partial charge in [0.15, 0.2) is 11.5 Å². The molecule has 1 saturated carbocycles. The SMILES string of the molecule is COc1cc(CC(=O)NCC2CCC(N)C2)cc(OC)c1OC. The molecule has 23 heavy (non-hydrogen) atoms. The number of hydrogen-bond donors (Lipinski definition) is 2. The van der Waals surface area contributed by atoms with E-state index in [1.54, 1.807) is 33.5 Å². The average Bonchev–Trinajstić information content (AvgIpc) is 2.97. The third kappa shape index (κ3) is 4.51. The Balaban J connectivity index is 1.97. The summed E-state index contributed by atoms with van der Waals surface area (Å²) in [5.41, 5.74) is 6.71. The summed E-state index contributed by atoms with van der Waals surface area (Å²) in [6.45, 7) is 0.691. The second-order valence-electron chi connectivity index (χ2n) is 5.95. The minimum absolute atomic E-state index is 0.0141. The number of nitrogens with two attached hydrogens (primary N) is 1. The molecule has 0 heterocycles. The molecule has 3 N–H and O–H groups in total. The summed E-state index contributed by atoms with van der Waals surface area (Å²) in [6.07, 6.45) is 3.40. The summed E-state index contributed by atoms with van der Waals surface area (Å²) in [4.78, 5) is 12.1. The molecule has 0 aromatic heterocycles. The zero-order valence-electron chi connectivity index (χ0n) is 14.1. The molecule has 0 spiro atoms. The van der Waals surface area contributed by atoms with Gasteiger partial charge in [0.05, 0.1) is 27.8 Å². The molecule has 0 radical (unpaired) electrons. The predicted octanol–water partition coefficient (Wildman–Crippen LogP) is 1.50. The monoisotopic (exact) mass is 322 g/mol. The van der Waals surface area contributed by atoms with Gasteiger partial charge in [-0.15, -0.1) is 0 Å². The fourth-order valence-electron chi connectivity index (χ4n) is 3.04. The molecule has 2 atom stereocenters. The highest BCUT2D eigenvalue weighted by atomic mass is 16.5. The fraction of sp³-hybridized carbons (Fsp3) is 0.588. The molecule has 0 aliphatic heterocycles. The van der Waals surface area contributed by atoms with Crippen molar-refractivity contribution in [3.63, 3.8) is 0 Å². The molecular formula is C17H26N2O4. The third-order valence-electron chi connectivity index (χ3n) is 4.26. The molecule has 1 aromatic rings. The maximum absolute atomic E-state index is 12.1. The molecule has 1 fully saturated rings. The van der Waals surface area contributed by atoms with Gasteiger partial charge in [-0.1, -0.05) is 0 Å². The van der Waals surface area contributed by atoms with Crippen molar-refractivity contribution >= 4 is 5.91 Å². The predicted molar refractivity (Wildman–Crippen MR) is 88.1 cm³/mol. The Bertz CT molecular complexity index is 522. The lowest BCUT2D eigenvalue weighted by Crippen LogP contribution is -2.30. The molecule has 1 amide bonds. The van der Waals surface area contributed by atoms with Crippen molar-refractivity contribution in [1.29, 1.82) is 0 Å². The van der Waals surface area contributed by atoms with Crippen LogP contribution >= 0.6 is 0 Å².